The lowest BCUT2D eigenvalue weighted by atomic mass is 10.0. The second kappa shape index (κ2) is 4.75. The lowest BCUT2D eigenvalue weighted by Gasteiger charge is -2.25. The third kappa shape index (κ3) is 6.85. The van der Waals surface area contributed by atoms with Crippen molar-refractivity contribution in [2.24, 2.45) is 0 Å². The zero-order valence-corrected chi connectivity index (χ0v) is 9.52. The Morgan fingerprint density at radius 3 is 2.29 bits per heavy atom. The van der Waals surface area contributed by atoms with E-state index in [2.05, 4.69) is 5.32 Å². The SMILES string of the molecule is CC(C)(CCO)NC(=O)CS(C)(=O)=O. The summed E-state index contributed by atoms with van der Waals surface area (Å²) in [5.74, 6) is -1.05. The molecule has 0 fully saturated rings. The molecule has 0 aromatic heterocycles. The molecule has 0 heterocycles. The summed E-state index contributed by atoms with van der Waals surface area (Å²) in [5.41, 5.74) is -0.573. The van der Waals surface area contributed by atoms with E-state index in [9.17, 15) is 13.2 Å². The Morgan fingerprint density at radius 2 is 1.93 bits per heavy atom. The normalized spacial score (nSPS) is 12.6. The van der Waals surface area contributed by atoms with Gasteiger partial charge in [0.1, 0.15) is 5.75 Å². The minimum absolute atomic E-state index is 0.0494. The standard InChI is InChI=1S/C8H17NO4S/c1-8(2,4-5-10)9-7(11)6-14(3,12)13/h10H,4-6H2,1-3H3,(H,9,11). The smallest absolute Gasteiger partial charge is 0.235 e. The largest absolute Gasteiger partial charge is 0.396 e. The van der Waals surface area contributed by atoms with Crippen LogP contribution in [-0.4, -0.2) is 43.6 Å². The second-order valence-electron chi connectivity index (χ2n) is 3.98. The summed E-state index contributed by atoms with van der Waals surface area (Å²) in [5, 5.41) is 11.2. The molecule has 0 radical (unpaired) electrons. The highest BCUT2D eigenvalue weighted by atomic mass is 32.2. The summed E-state index contributed by atoms with van der Waals surface area (Å²) in [6.45, 7) is 3.40. The third-order valence-electron chi connectivity index (χ3n) is 1.61. The van der Waals surface area contributed by atoms with Gasteiger partial charge in [0.2, 0.25) is 5.91 Å². The molecule has 0 aromatic rings. The fraction of sp³-hybridized carbons (Fsp3) is 0.875. The van der Waals surface area contributed by atoms with Gasteiger partial charge in [0.25, 0.3) is 0 Å². The van der Waals surface area contributed by atoms with Crippen molar-refractivity contribution in [2.75, 3.05) is 18.6 Å². The third-order valence-corrected chi connectivity index (χ3v) is 2.39. The molecule has 1 amide bonds. The molecular formula is C8H17NO4S. The fourth-order valence-corrected chi connectivity index (χ4v) is 1.54. The Morgan fingerprint density at radius 1 is 1.43 bits per heavy atom. The van der Waals surface area contributed by atoms with Gasteiger partial charge in [-0.3, -0.25) is 4.79 Å². The maximum absolute atomic E-state index is 11.2. The molecule has 0 unspecified atom stereocenters. The van der Waals surface area contributed by atoms with E-state index in [1.807, 2.05) is 0 Å². The van der Waals surface area contributed by atoms with Gasteiger partial charge in [0.05, 0.1) is 0 Å². The molecule has 84 valence electrons. The highest BCUT2D eigenvalue weighted by Crippen LogP contribution is 2.06. The first-order chi connectivity index (χ1) is 6.16. The molecule has 0 saturated carbocycles. The first-order valence-corrected chi connectivity index (χ1v) is 6.32. The van der Waals surface area contributed by atoms with Crippen molar-refractivity contribution in [3.05, 3.63) is 0 Å². The lowest BCUT2D eigenvalue weighted by molar-refractivity contribution is -0.120. The molecule has 0 aliphatic rings. The molecule has 0 aliphatic carbocycles. The Bertz CT molecular complexity index is 294. The molecule has 0 spiro atoms. The molecular weight excluding hydrogens is 206 g/mol. The summed E-state index contributed by atoms with van der Waals surface area (Å²) in [6.07, 6.45) is 1.40. The van der Waals surface area contributed by atoms with Crippen LogP contribution >= 0.6 is 0 Å². The van der Waals surface area contributed by atoms with E-state index in [-0.39, 0.29) is 6.61 Å². The van der Waals surface area contributed by atoms with Crippen LogP contribution in [0, 0.1) is 0 Å². The highest BCUT2D eigenvalue weighted by molar-refractivity contribution is 7.91. The van der Waals surface area contributed by atoms with Gasteiger partial charge < -0.3 is 10.4 Å². The summed E-state index contributed by atoms with van der Waals surface area (Å²) >= 11 is 0. The number of hydrogen-bond donors (Lipinski definition) is 2. The number of carbonyl (C=O) groups is 1. The van der Waals surface area contributed by atoms with E-state index in [1.165, 1.54) is 0 Å². The van der Waals surface area contributed by atoms with E-state index < -0.39 is 27.0 Å². The van der Waals surface area contributed by atoms with Crippen molar-refractivity contribution in [3.63, 3.8) is 0 Å². The van der Waals surface area contributed by atoms with Gasteiger partial charge in [-0.1, -0.05) is 0 Å². The van der Waals surface area contributed by atoms with Crippen LogP contribution in [0.4, 0.5) is 0 Å². The van der Waals surface area contributed by atoms with E-state index in [0.717, 1.165) is 6.26 Å². The number of carbonyl (C=O) groups excluding carboxylic acids is 1. The van der Waals surface area contributed by atoms with Gasteiger partial charge in [-0.05, 0) is 20.3 Å². The summed E-state index contributed by atoms with van der Waals surface area (Å²) in [6, 6.07) is 0. The minimum Gasteiger partial charge on any atom is -0.396 e. The maximum Gasteiger partial charge on any atom is 0.235 e. The van der Waals surface area contributed by atoms with Gasteiger partial charge in [-0.2, -0.15) is 0 Å². The molecule has 0 saturated heterocycles. The maximum atomic E-state index is 11.2. The van der Waals surface area contributed by atoms with Crippen molar-refractivity contribution in [1.29, 1.82) is 0 Å². The minimum atomic E-state index is -3.29. The van der Waals surface area contributed by atoms with Gasteiger partial charge in [-0.15, -0.1) is 0 Å². The van der Waals surface area contributed by atoms with Crippen LogP contribution in [-0.2, 0) is 14.6 Å². The zero-order chi connectivity index (χ0) is 11.4. The highest BCUT2D eigenvalue weighted by Gasteiger charge is 2.21. The number of amides is 1. The number of aliphatic hydroxyl groups is 1. The van der Waals surface area contributed by atoms with Gasteiger partial charge >= 0.3 is 0 Å². The predicted molar refractivity (Wildman–Crippen MR) is 53.6 cm³/mol. The van der Waals surface area contributed by atoms with Crippen molar-refractivity contribution in [1.82, 2.24) is 5.32 Å². The monoisotopic (exact) mass is 223 g/mol. The molecule has 5 nitrogen and oxygen atoms in total. The summed E-state index contributed by atoms with van der Waals surface area (Å²) < 4.78 is 21.6. The number of rotatable bonds is 5. The molecule has 0 atom stereocenters. The van der Waals surface area contributed by atoms with E-state index >= 15 is 0 Å². The van der Waals surface area contributed by atoms with Crippen LogP contribution in [0.3, 0.4) is 0 Å². The van der Waals surface area contributed by atoms with Crippen molar-refractivity contribution in [2.45, 2.75) is 25.8 Å². The van der Waals surface area contributed by atoms with Gasteiger partial charge in [0, 0.05) is 18.4 Å². The van der Waals surface area contributed by atoms with Crippen LogP contribution in [0.15, 0.2) is 0 Å². The Kier molecular flexibility index (Phi) is 4.54. The van der Waals surface area contributed by atoms with E-state index in [1.54, 1.807) is 13.8 Å². The predicted octanol–water partition coefficient (Wildman–Crippen LogP) is -0.692. The van der Waals surface area contributed by atoms with E-state index in [4.69, 9.17) is 5.11 Å². The first-order valence-electron chi connectivity index (χ1n) is 4.26. The Labute approximate surface area is 84.4 Å². The number of nitrogens with one attached hydrogen (secondary N) is 1. The Balaban J connectivity index is 4.19. The van der Waals surface area contributed by atoms with E-state index in [0.29, 0.717) is 6.42 Å². The van der Waals surface area contributed by atoms with Crippen LogP contribution in [0.1, 0.15) is 20.3 Å². The molecule has 0 aliphatic heterocycles. The molecule has 0 aromatic carbocycles. The van der Waals surface area contributed by atoms with Crippen molar-refractivity contribution < 1.29 is 18.3 Å². The zero-order valence-electron chi connectivity index (χ0n) is 8.70. The average Bonchev–Trinajstić information content (AvgIpc) is 1.78. The number of aliphatic hydroxyl groups excluding tert-OH is 1. The van der Waals surface area contributed by atoms with Gasteiger partial charge in [-0.25, -0.2) is 8.42 Å². The molecule has 6 heteroatoms. The molecule has 14 heavy (non-hydrogen) atoms. The van der Waals surface area contributed by atoms with Crippen molar-refractivity contribution >= 4 is 15.7 Å². The van der Waals surface area contributed by atoms with Crippen LogP contribution < -0.4 is 5.32 Å². The van der Waals surface area contributed by atoms with Crippen LogP contribution in [0.2, 0.25) is 0 Å². The van der Waals surface area contributed by atoms with Crippen LogP contribution in [0.5, 0.6) is 0 Å². The summed E-state index contributed by atoms with van der Waals surface area (Å²) in [7, 11) is -3.29. The fourth-order valence-electron chi connectivity index (χ4n) is 0.994. The molecule has 0 rings (SSSR count). The quantitative estimate of drug-likeness (QED) is 0.646. The van der Waals surface area contributed by atoms with Gasteiger partial charge in [0.15, 0.2) is 9.84 Å². The summed E-state index contributed by atoms with van der Waals surface area (Å²) in [4.78, 5) is 11.2. The number of sulfone groups is 1. The molecule has 2 N–H and O–H groups in total. The number of hydrogen-bond acceptors (Lipinski definition) is 4. The first kappa shape index (κ1) is 13.4. The van der Waals surface area contributed by atoms with Crippen LogP contribution in [0.25, 0.3) is 0 Å². The second-order valence-corrected chi connectivity index (χ2v) is 6.12. The average molecular weight is 223 g/mol. The molecule has 0 bridgehead atoms. The van der Waals surface area contributed by atoms with Crippen molar-refractivity contribution in [3.8, 4) is 0 Å². The lowest BCUT2D eigenvalue weighted by Crippen LogP contribution is -2.46. The topological polar surface area (TPSA) is 83.5 Å². The Hall–Kier alpha value is -0.620.